The summed E-state index contributed by atoms with van der Waals surface area (Å²) in [5, 5.41) is 0. The van der Waals surface area contributed by atoms with Crippen molar-refractivity contribution in [3.05, 3.63) is 12.2 Å². The van der Waals surface area contributed by atoms with E-state index in [-0.39, 0.29) is 27.3 Å². The van der Waals surface area contributed by atoms with Gasteiger partial charge in [0.25, 0.3) is 0 Å². The van der Waals surface area contributed by atoms with E-state index < -0.39 is 11.9 Å². The van der Waals surface area contributed by atoms with E-state index in [0.717, 1.165) is 12.2 Å². The second kappa shape index (κ2) is 2.96. The maximum atomic E-state index is 9.92. The number of hydrogen-bond donors (Lipinski definition) is 0. The molecular formula is C4H2O3Pb. The molecule has 0 saturated carbocycles. The summed E-state index contributed by atoms with van der Waals surface area (Å²) in [7, 11) is 0. The van der Waals surface area contributed by atoms with Crippen molar-refractivity contribution < 1.29 is 14.3 Å². The van der Waals surface area contributed by atoms with Crippen LogP contribution in [0.25, 0.3) is 0 Å². The van der Waals surface area contributed by atoms with E-state index in [2.05, 4.69) is 4.74 Å². The molecule has 8 heavy (non-hydrogen) atoms. The Hall–Kier alpha value is -0.198. The topological polar surface area (TPSA) is 43.4 Å². The Morgan fingerprint density at radius 1 is 1.12 bits per heavy atom. The quantitative estimate of drug-likeness (QED) is 0.336. The summed E-state index contributed by atoms with van der Waals surface area (Å²) in [5.74, 6) is -1.16. The maximum absolute atomic E-state index is 9.92. The zero-order valence-corrected chi connectivity index (χ0v) is 7.77. The molecule has 0 atom stereocenters. The first-order chi connectivity index (χ1) is 3.29. The van der Waals surface area contributed by atoms with Crippen LogP contribution in [0.1, 0.15) is 0 Å². The first-order valence-electron chi connectivity index (χ1n) is 1.73. The molecule has 40 valence electrons. The zero-order chi connectivity index (χ0) is 5.28. The molecular weight excluding hydrogens is 303 g/mol. The molecule has 1 aliphatic rings. The van der Waals surface area contributed by atoms with E-state index in [1.165, 1.54) is 0 Å². The molecule has 1 rings (SSSR count). The van der Waals surface area contributed by atoms with Crippen LogP contribution in [0, 0.1) is 0 Å². The van der Waals surface area contributed by atoms with Gasteiger partial charge >= 0.3 is 11.9 Å². The molecule has 0 spiro atoms. The molecule has 4 radical (unpaired) electrons. The van der Waals surface area contributed by atoms with Crippen LogP contribution in [-0.2, 0) is 14.3 Å². The molecule has 3 nitrogen and oxygen atoms in total. The molecule has 0 unspecified atom stereocenters. The molecule has 4 heteroatoms. The van der Waals surface area contributed by atoms with Crippen LogP contribution in [0.4, 0.5) is 0 Å². The van der Waals surface area contributed by atoms with Gasteiger partial charge in [-0.1, -0.05) is 0 Å². The van der Waals surface area contributed by atoms with Crippen molar-refractivity contribution in [3.8, 4) is 0 Å². The molecule has 1 aliphatic heterocycles. The Kier molecular flexibility index (Phi) is 2.88. The molecule has 0 fully saturated rings. The Morgan fingerprint density at radius 2 is 1.50 bits per heavy atom. The summed E-state index contributed by atoms with van der Waals surface area (Å²) in [6.07, 6.45) is 2.17. The van der Waals surface area contributed by atoms with Gasteiger partial charge in [-0.3, -0.25) is 0 Å². The first kappa shape index (κ1) is 7.80. The molecule has 0 amide bonds. The molecule has 0 aromatic rings. The number of esters is 2. The SMILES string of the molecule is O=C1C=CC(=O)O1.[Pb]. The standard InChI is InChI=1S/C4H2O3.Pb/c5-3-1-2-4(6)7-3;/h1-2H;. The summed E-state index contributed by atoms with van der Waals surface area (Å²) < 4.78 is 3.97. The maximum Gasteiger partial charge on any atom is 0.338 e. The minimum atomic E-state index is -0.579. The van der Waals surface area contributed by atoms with Gasteiger partial charge in [-0.2, -0.15) is 0 Å². The smallest absolute Gasteiger partial charge is 0.338 e. The summed E-state index contributed by atoms with van der Waals surface area (Å²) in [4.78, 5) is 19.8. The van der Waals surface area contributed by atoms with Crippen LogP contribution in [0.3, 0.4) is 0 Å². The summed E-state index contributed by atoms with van der Waals surface area (Å²) in [6, 6.07) is 0. The Morgan fingerprint density at radius 3 is 1.62 bits per heavy atom. The van der Waals surface area contributed by atoms with Gasteiger partial charge in [0, 0.05) is 39.5 Å². The monoisotopic (exact) mass is 306 g/mol. The van der Waals surface area contributed by atoms with Crippen LogP contribution in [0.5, 0.6) is 0 Å². The fraction of sp³-hybridized carbons (Fsp3) is 0. The number of hydrogen-bond acceptors (Lipinski definition) is 3. The van der Waals surface area contributed by atoms with Crippen molar-refractivity contribution in [2.75, 3.05) is 0 Å². The van der Waals surface area contributed by atoms with Gasteiger partial charge in [0.1, 0.15) is 0 Å². The van der Waals surface area contributed by atoms with Gasteiger partial charge in [-0.15, -0.1) is 0 Å². The Bertz CT molecular complexity index is 133. The van der Waals surface area contributed by atoms with E-state index in [0.29, 0.717) is 0 Å². The zero-order valence-electron chi connectivity index (χ0n) is 3.88. The van der Waals surface area contributed by atoms with E-state index in [1.807, 2.05) is 0 Å². The van der Waals surface area contributed by atoms with Crippen LogP contribution in [-0.4, -0.2) is 39.2 Å². The predicted octanol–water partition coefficient (Wildman–Crippen LogP) is -0.755. The molecule has 0 bridgehead atoms. The van der Waals surface area contributed by atoms with Crippen LogP contribution in [0.2, 0.25) is 0 Å². The van der Waals surface area contributed by atoms with Gasteiger partial charge in [-0.05, 0) is 0 Å². The largest absolute Gasteiger partial charge is 0.387 e. The Balaban J connectivity index is 0.000000490. The van der Waals surface area contributed by atoms with Gasteiger partial charge in [0.15, 0.2) is 0 Å². The van der Waals surface area contributed by atoms with E-state index in [4.69, 9.17) is 0 Å². The van der Waals surface area contributed by atoms with E-state index >= 15 is 0 Å². The van der Waals surface area contributed by atoms with Gasteiger partial charge in [0.05, 0.1) is 0 Å². The third-order valence-electron chi connectivity index (χ3n) is 0.557. The van der Waals surface area contributed by atoms with Crippen LogP contribution in [0.15, 0.2) is 12.2 Å². The summed E-state index contributed by atoms with van der Waals surface area (Å²) >= 11 is 0. The fourth-order valence-electron chi connectivity index (χ4n) is 0.303. The minimum absolute atomic E-state index is 0. The average molecular weight is 305 g/mol. The molecule has 0 aliphatic carbocycles. The van der Waals surface area contributed by atoms with Gasteiger partial charge < -0.3 is 4.74 Å². The first-order valence-corrected chi connectivity index (χ1v) is 1.73. The third kappa shape index (κ3) is 1.73. The fourth-order valence-corrected chi connectivity index (χ4v) is 0.303. The minimum Gasteiger partial charge on any atom is -0.387 e. The van der Waals surface area contributed by atoms with Crippen LogP contribution < -0.4 is 0 Å². The Labute approximate surface area is 65.9 Å². The molecule has 0 saturated heterocycles. The normalized spacial score (nSPS) is 15.5. The average Bonchev–Trinajstić information content (AvgIpc) is 1.87. The van der Waals surface area contributed by atoms with Crippen molar-refractivity contribution in [1.82, 2.24) is 0 Å². The van der Waals surface area contributed by atoms with Gasteiger partial charge in [0.2, 0.25) is 0 Å². The predicted molar refractivity (Wildman–Crippen MR) is 26.0 cm³/mol. The molecule has 0 aromatic carbocycles. The second-order valence-electron chi connectivity index (χ2n) is 1.07. The van der Waals surface area contributed by atoms with Crippen molar-refractivity contribution in [2.45, 2.75) is 0 Å². The van der Waals surface area contributed by atoms with Crippen LogP contribution >= 0.6 is 0 Å². The van der Waals surface area contributed by atoms with E-state index in [9.17, 15) is 9.59 Å². The van der Waals surface area contributed by atoms with Crippen molar-refractivity contribution in [2.24, 2.45) is 0 Å². The third-order valence-corrected chi connectivity index (χ3v) is 0.557. The number of carbonyl (C=O) groups excluding carboxylic acids is 2. The second-order valence-corrected chi connectivity index (χ2v) is 1.07. The van der Waals surface area contributed by atoms with Gasteiger partial charge in [-0.25, -0.2) is 9.59 Å². The molecule has 1 heterocycles. The number of carbonyl (C=O) groups is 2. The summed E-state index contributed by atoms with van der Waals surface area (Å²) in [6.45, 7) is 0. The van der Waals surface area contributed by atoms with Crippen molar-refractivity contribution >= 4 is 39.2 Å². The van der Waals surface area contributed by atoms with Crippen molar-refractivity contribution in [1.29, 1.82) is 0 Å². The van der Waals surface area contributed by atoms with E-state index in [1.54, 1.807) is 0 Å². The molecule has 0 aromatic heterocycles. The molecule has 0 N–H and O–H groups in total. The summed E-state index contributed by atoms with van der Waals surface area (Å²) in [5.41, 5.74) is 0. The number of cyclic esters (lactones) is 2. The number of rotatable bonds is 0. The number of ether oxygens (including phenoxy) is 1. The van der Waals surface area contributed by atoms with Crippen molar-refractivity contribution in [3.63, 3.8) is 0 Å².